The minimum absolute atomic E-state index is 0.0234. The van der Waals surface area contributed by atoms with Gasteiger partial charge in [-0.25, -0.2) is 19.7 Å². The van der Waals surface area contributed by atoms with Gasteiger partial charge in [-0.05, 0) is 19.1 Å². The summed E-state index contributed by atoms with van der Waals surface area (Å²) < 4.78 is 3.65. The van der Waals surface area contributed by atoms with Crippen LogP contribution in [-0.4, -0.2) is 35.0 Å². The molecule has 0 atom stereocenters. The van der Waals surface area contributed by atoms with Crippen molar-refractivity contribution in [3.05, 3.63) is 58.7 Å². The smallest absolute Gasteiger partial charge is 0.356 e. The Morgan fingerprint density at radius 2 is 2.21 bits per heavy atom. The Kier molecular flexibility index (Phi) is 3.39. The van der Waals surface area contributed by atoms with Gasteiger partial charge >= 0.3 is 5.97 Å². The first-order chi connectivity index (χ1) is 11.6. The largest absolute Gasteiger partial charge is 0.476 e. The second-order valence-electron chi connectivity index (χ2n) is 5.33. The van der Waals surface area contributed by atoms with E-state index >= 15 is 0 Å². The molecule has 0 radical (unpaired) electrons. The van der Waals surface area contributed by atoms with Crippen LogP contribution >= 0.6 is 11.3 Å². The molecule has 120 valence electrons. The number of nitrogens with zero attached hydrogens (tertiary/aromatic N) is 5. The molecule has 0 fully saturated rings. The first-order valence-corrected chi connectivity index (χ1v) is 8.13. The molecule has 0 aliphatic rings. The zero-order chi connectivity index (χ0) is 16.7. The summed E-state index contributed by atoms with van der Waals surface area (Å²) in [5.74, 6) is -0.543. The summed E-state index contributed by atoms with van der Waals surface area (Å²) in [6.07, 6.45) is 5.34. The van der Waals surface area contributed by atoms with Gasteiger partial charge in [0.15, 0.2) is 11.5 Å². The third kappa shape index (κ3) is 2.46. The van der Waals surface area contributed by atoms with Crippen molar-refractivity contribution in [1.29, 1.82) is 0 Å². The highest BCUT2D eigenvalue weighted by atomic mass is 32.1. The van der Waals surface area contributed by atoms with Crippen LogP contribution in [0.15, 0.2) is 42.3 Å². The van der Waals surface area contributed by atoms with E-state index in [0.717, 1.165) is 10.7 Å². The number of pyridine rings is 1. The van der Waals surface area contributed by atoms with Crippen LogP contribution in [0.3, 0.4) is 0 Å². The monoisotopic (exact) mass is 339 g/mol. The van der Waals surface area contributed by atoms with Crippen molar-refractivity contribution in [3.63, 3.8) is 0 Å². The average molecular weight is 339 g/mol. The first-order valence-electron chi connectivity index (χ1n) is 7.25. The molecule has 0 aromatic carbocycles. The summed E-state index contributed by atoms with van der Waals surface area (Å²) in [6, 6.07) is 5.35. The number of imidazole rings is 2. The normalized spacial score (nSPS) is 11.2. The lowest BCUT2D eigenvalue weighted by atomic mass is 10.3. The predicted octanol–water partition coefficient (Wildman–Crippen LogP) is 2.71. The maximum atomic E-state index is 11.4. The lowest BCUT2D eigenvalue weighted by Gasteiger charge is -1.98. The predicted molar refractivity (Wildman–Crippen MR) is 89.3 cm³/mol. The standard InChI is InChI=1S/C16H13N5O2S/c1-10-18-11(8-24-10)6-20-7-12(17-9-20)15-19-14(16(22)23)13-4-2-3-5-21(13)15/h2-5,7-9H,6H2,1H3,(H,22,23). The zero-order valence-corrected chi connectivity index (χ0v) is 13.6. The molecule has 8 heteroatoms. The van der Waals surface area contributed by atoms with E-state index < -0.39 is 5.97 Å². The second kappa shape index (κ2) is 5.57. The quantitative estimate of drug-likeness (QED) is 0.618. The van der Waals surface area contributed by atoms with Crippen molar-refractivity contribution in [2.45, 2.75) is 13.5 Å². The molecule has 7 nitrogen and oxygen atoms in total. The molecule has 0 spiro atoms. The first kappa shape index (κ1) is 14.6. The van der Waals surface area contributed by atoms with Crippen LogP contribution in [-0.2, 0) is 6.54 Å². The van der Waals surface area contributed by atoms with E-state index in [9.17, 15) is 9.90 Å². The van der Waals surface area contributed by atoms with Crippen LogP contribution in [0.4, 0.5) is 0 Å². The van der Waals surface area contributed by atoms with Crippen LogP contribution in [0, 0.1) is 6.92 Å². The van der Waals surface area contributed by atoms with E-state index in [1.165, 1.54) is 0 Å². The van der Waals surface area contributed by atoms with Crippen molar-refractivity contribution in [1.82, 2.24) is 23.9 Å². The number of rotatable bonds is 4. The van der Waals surface area contributed by atoms with E-state index in [4.69, 9.17) is 0 Å². The molecule has 0 saturated carbocycles. The van der Waals surface area contributed by atoms with E-state index in [1.54, 1.807) is 40.4 Å². The van der Waals surface area contributed by atoms with Crippen molar-refractivity contribution < 1.29 is 9.90 Å². The molecule has 0 saturated heterocycles. The number of aromatic carboxylic acids is 1. The fraction of sp³-hybridized carbons (Fsp3) is 0.125. The fourth-order valence-corrected chi connectivity index (χ4v) is 3.21. The molecule has 0 amide bonds. The SMILES string of the molecule is Cc1nc(Cn2cnc(-c3nc(C(=O)O)c4ccccn34)c2)cs1. The highest BCUT2D eigenvalue weighted by Crippen LogP contribution is 2.22. The number of carboxylic acids is 1. The molecule has 0 aliphatic heterocycles. The van der Waals surface area contributed by atoms with Crippen molar-refractivity contribution in [2.24, 2.45) is 0 Å². The molecule has 4 aromatic heterocycles. The van der Waals surface area contributed by atoms with E-state index in [1.807, 2.05) is 29.1 Å². The molecular weight excluding hydrogens is 326 g/mol. The fourth-order valence-electron chi connectivity index (χ4n) is 2.61. The number of thiazole rings is 1. The summed E-state index contributed by atoms with van der Waals surface area (Å²) in [7, 11) is 0. The number of hydrogen-bond donors (Lipinski definition) is 1. The Hall–Kier alpha value is -3.00. The number of carboxylic acid groups (broad SMARTS) is 1. The summed E-state index contributed by atoms with van der Waals surface area (Å²) in [4.78, 5) is 24.5. The lowest BCUT2D eigenvalue weighted by Crippen LogP contribution is -1.97. The van der Waals surface area contributed by atoms with Gasteiger partial charge in [0.25, 0.3) is 0 Å². The highest BCUT2D eigenvalue weighted by molar-refractivity contribution is 7.09. The van der Waals surface area contributed by atoms with E-state index in [0.29, 0.717) is 23.6 Å². The van der Waals surface area contributed by atoms with Crippen LogP contribution in [0.2, 0.25) is 0 Å². The van der Waals surface area contributed by atoms with Gasteiger partial charge in [-0.1, -0.05) is 6.07 Å². The third-order valence-electron chi connectivity index (χ3n) is 3.62. The van der Waals surface area contributed by atoms with Gasteiger partial charge in [-0.15, -0.1) is 11.3 Å². The average Bonchev–Trinajstić information content (AvgIpc) is 3.26. The lowest BCUT2D eigenvalue weighted by molar-refractivity contribution is 0.0693. The molecule has 1 N–H and O–H groups in total. The van der Waals surface area contributed by atoms with Gasteiger partial charge in [0.1, 0.15) is 5.69 Å². The summed E-state index contributed by atoms with van der Waals surface area (Å²) in [6.45, 7) is 2.59. The van der Waals surface area contributed by atoms with Gasteiger partial charge in [-0.2, -0.15) is 0 Å². The molecule has 0 bridgehead atoms. The number of aryl methyl sites for hydroxylation is 1. The molecule has 24 heavy (non-hydrogen) atoms. The number of hydrogen-bond acceptors (Lipinski definition) is 5. The summed E-state index contributed by atoms with van der Waals surface area (Å²) >= 11 is 1.61. The minimum atomic E-state index is -1.05. The summed E-state index contributed by atoms with van der Waals surface area (Å²) in [5.41, 5.74) is 2.16. The number of aromatic nitrogens is 5. The van der Waals surface area contributed by atoms with Gasteiger partial charge < -0.3 is 9.67 Å². The van der Waals surface area contributed by atoms with Gasteiger partial charge in [0, 0.05) is 17.8 Å². The Balaban J connectivity index is 1.74. The third-order valence-corrected chi connectivity index (χ3v) is 4.45. The molecule has 4 rings (SSSR count). The summed E-state index contributed by atoms with van der Waals surface area (Å²) in [5, 5.41) is 12.4. The topological polar surface area (TPSA) is 85.3 Å². The highest BCUT2D eigenvalue weighted by Gasteiger charge is 2.18. The van der Waals surface area contributed by atoms with Crippen molar-refractivity contribution in [3.8, 4) is 11.5 Å². The zero-order valence-electron chi connectivity index (χ0n) is 12.7. The van der Waals surface area contributed by atoms with Crippen molar-refractivity contribution in [2.75, 3.05) is 0 Å². The maximum Gasteiger partial charge on any atom is 0.356 e. The maximum absolute atomic E-state index is 11.4. The molecular formula is C16H13N5O2S. The number of fused-ring (bicyclic) bond motifs is 1. The Bertz CT molecular complexity index is 1050. The van der Waals surface area contributed by atoms with Gasteiger partial charge in [-0.3, -0.25) is 4.40 Å². The van der Waals surface area contributed by atoms with Crippen LogP contribution in [0.25, 0.3) is 17.0 Å². The van der Waals surface area contributed by atoms with Gasteiger partial charge in [0.2, 0.25) is 0 Å². The van der Waals surface area contributed by atoms with E-state index in [-0.39, 0.29) is 5.69 Å². The second-order valence-corrected chi connectivity index (χ2v) is 6.40. The molecule has 4 heterocycles. The molecule has 0 unspecified atom stereocenters. The molecule has 4 aromatic rings. The van der Waals surface area contributed by atoms with Crippen molar-refractivity contribution >= 4 is 22.8 Å². The number of carbonyl (C=O) groups is 1. The Labute approximate surface area is 140 Å². The Morgan fingerprint density at radius 3 is 2.96 bits per heavy atom. The van der Waals surface area contributed by atoms with Crippen LogP contribution in [0.5, 0.6) is 0 Å². The van der Waals surface area contributed by atoms with E-state index in [2.05, 4.69) is 15.0 Å². The Morgan fingerprint density at radius 1 is 1.33 bits per heavy atom. The molecule has 0 aliphatic carbocycles. The van der Waals surface area contributed by atoms with Crippen LogP contribution < -0.4 is 0 Å². The van der Waals surface area contributed by atoms with Crippen LogP contribution in [0.1, 0.15) is 21.2 Å². The minimum Gasteiger partial charge on any atom is -0.476 e. The van der Waals surface area contributed by atoms with Gasteiger partial charge in [0.05, 0.1) is 29.1 Å².